The molecule has 0 aromatic heterocycles. The molecule has 168 valence electrons. The number of Topliss-reactive ketones (excluding diaryl/α,β-unsaturated/α-hetero) is 2. The molecule has 6 heteroatoms. The van der Waals surface area contributed by atoms with Gasteiger partial charge in [0.1, 0.15) is 0 Å². The normalized spacial score (nSPS) is 24.8. The molecule has 3 aromatic carbocycles. The molecule has 6 nitrogen and oxygen atoms in total. The van der Waals surface area contributed by atoms with Gasteiger partial charge in [0.15, 0.2) is 0 Å². The number of carbonyl (C=O) groups excluding carboxylic acids is 4. The van der Waals surface area contributed by atoms with Crippen molar-refractivity contribution in [3.63, 3.8) is 0 Å². The lowest BCUT2D eigenvalue weighted by molar-refractivity contribution is -0.127. The van der Waals surface area contributed by atoms with Crippen LogP contribution in [0, 0.1) is 25.7 Å². The summed E-state index contributed by atoms with van der Waals surface area (Å²) < 4.78 is 6.30. The van der Waals surface area contributed by atoms with Crippen molar-refractivity contribution in [3.8, 4) is 0 Å². The summed E-state index contributed by atoms with van der Waals surface area (Å²) in [5.74, 6) is -4.36. The van der Waals surface area contributed by atoms with Gasteiger partial charge in [0.2, 0.25) is 29.0 Å². The number of ether oxygens (including phenoxy) is 1. The number of nitrogens with zero attached hydrogens (tertiary/aromatic N) is 1. The molecular formula is C28H21NO5. The van der Waals surface area contributed by atoms with Crippen LogP contribution in [0.2, 0.25) is 0 Å². The Morgan fingerprint density at radius 3 is 1.94 bits per heavy atom. The fourth-order valence-corrected chi connectivity index (χ4v) is 5.63. The summed E-state index contributed by atoms with van der Waals surface area (Å²) in [6.45, 7) is 3.75. The van der Waals surface area contributed by atoms with Gasteiger partial charge in [-0.2, -0.15) is 0 Å². The third-order valence-electron chi connectivity index (χ3n) is 7.28. The van der Waals surface area contributed by atoms with Gasteiger partial charge in [0.05, 0.1) is 23.6 Å². The molecule has 6 rings (SSSR count). The minimum absolute atomic E-state index is 0.227. The molecular weight excluding hydrogens is 430 g/mol. The molecule has 3 atom stereocenters. The number of anilines is 1. The molecule has 0 saturated carbocycles. The number of aryl methyl sites for hydroxylation is 2. The van der Waals surface area contributed by atoms with E-state index in [4.69, 9.17) is 4.74 Å². The average Bonchev–Trinajstić information content (AvgIpc) is 3.40. The van der Waals surface area contributed by atoms with Gasteiger partial charge in [0, 0.05) is 11.1 Å². The van der Waals surface area contributed by atoms with Crippen molar-refractivity contribution in [2.45, 2.75) is 25.6 Å². The number of benzene rings is 3. The number of fused-ring (bicyclic) bond motifs is 3. The Kier molecular flexibility index (Phi) is 4.29. The van der Waals surface area contributed by atoms with Crippen molar-refractivity contribution in [2.24, 2.45) is 11.8 Å². The van der Waals surface area contributed by atoms with Crippen LogP contribution in [0.3, 0.4) is 0 Å². The monoisotopic (exact) mass is 451 g/mol. The lowest BCUT2D eigenvalue weighted by Crippen LogP contribution is -2.51. The highest BCUT2D eigenvalue weighted by Crippen LogP contribution is 2.57. The van der Waals surface area contributed by atoms with Crippen LogP contribution in [-0.2, 0) is 14.3 Å². The second-order valence-electron chi connectivity index (χ2n) is 9.19. The Labute approximate surface area is 196 Å². The fourth-order valence-electron chi connectivity index (χ4n) is 5.63. The van der Waals surface area contributed by atoms with Crippen LogP contribution in [0.4, 0.5) is 5.69 Å². The predicted molar refractivity (Wildman–Crippen MR) is 123 cm³/mol. The van der Waals surface area contributed by atoms with Crippen LogP contribution in [-0.4, -0.2) is 29.0 Å². The van der Waals surface area contributed by atoms with E-state index < -0.39 is 46.9 Å². The van der Waals surface area contributed by atoms with E-state index in [0.717, 1.165) is 16.0 Å². The predicted octanol–water partition coefficient (Wildman–Crippen LogP) is 4.00. The smallest absolute Gasteiger partial charge is 0.241 e. The highest BCUT2D eigenvalue weighted by atomic mass is 16.5. The van der Waals surface area contributed by atoms with E-state index in [-0.39, 0.29) is 11.1 Å². The zero-order chi connectivity index (χ0) is 23.8. The second-order valence-corrected chi connectivity index (χ2v) is 9.19. The van der Waals surface area contributed by atoms with Gasteiger partial charge >= 0.3 is 0 Å². The molecule has 1 aliphatic carbocycles. The molecule has 2 heterocycles. The van der Waals surface area contributed by atoms with E-state index in [0.29, 0.717) is 11.3 Å². The summed E-state index contributed by atoms with van der Waals surface area (Å²) in [4.78, 5) is 56.4. The van der Waals surface area contributed by atoms with Crippen LogP contribution in [0.1, 0.15) is 43.5 Å². The molecule has 2 fully saturated rings. The van der Waals surface area contributed by atoms with Gasteiger partial charge in [-0.25, -0.2) is 4.90 Å². The van der Waals surface area contributed by atoms with E-state index in [1.54, 1.807) is 36.4 Å². The average molecular weight is 451 g/mol. The molecule has 1 spiro atoms. The maximum atomic E-state index is 13.9. The Morgan fingerprint density at radius 1 is 0.735 bits per heavy atom. The van der Waals surface area contributed by atoms with Crippen molar-refractivity contribution in [1.29, 1.82) is 0 Å². The number of imide groups is 1. The number of rotatable bonds is 2. The molecule has 0 N–H and O–H groups in total. The Balaban J connectivity index is 1.56. The number of amides is 2. The quantitative estimate of drug-likeness (QED) is 0.435. The van der Waals surface area contributed by atoms with Crippen molar-refractivity contribution in [1.82, 2.24) is 0 Å². The summed E-state index contributed by atoms with van der Waals surface area (Å²) in [5.41, 5.74) is 1.29. The molecule has 2 saturated heterocycles. The molecule has 0 bridgehead atoms. The third-order valence-corrected chi connectivity index (χ3v) is 7.28. The van der Waals surface area contributed by atoms with Crippen molar-refractivity contribution < 1.29 is 23.9 Å². The minimum Gasteiger partial charge on any atom is -0.349 e. The molecule has 34 heavy (non-hydrogen) atoms. The van der Waals surface area contributed by atoms with Gasteiger partial charge in [-0.05, 0) is 31.0 Å². The number of para-hydroxylation sites is 1. The summed E-state index contributed by atoms with van der Waals surface area (Å²) in [6.07, 6.45) is -0.904. The number of ketones is 2. The number of carbonyl (C=O) groups is 4. The fraction of sp³-hybridized carbons (Fsp3) is 0.214. The molecule has 3 aromatic rings. The van der Waals surface area contributed by atoms with E-state index in [2.05, 4.69) is 0 Å². The Hall–Kier alpha value is -3.90. The SMILES string of the molecule is Cc1ccc(C2OC3(C(=O)c4ccccc4C3=O)C3C(=O)N(c4ccccc4C)C(=O)C23)cc1. The van der Waals surface area contributed by atoms with Crippen molar-refractivity contribution in [2.75, 3.05) is 4.90 Å². The maximum Gasteiger partial charge on any atom is 0.241 e. The van der Waals surface area contributed by atoms with E-state index in [1.165, 1.54) is 0 Å². The van der Waals surface area contributed by atoms with Gasteiger partial charge in [0.25, 0.3) is 0 Å². The minimum atomic E-state index is -2.05. The molecule has 3 unspecified atom stereocenters. The van der Waals surface area contributed by atoms with Crippen LogP contribution >= 0.6 is 0 Å². The van der Waals surface area contributed by atoms with Crippen LogP contribution < -0.4 is 4.90 Å². The standard InChI is InChI=1S/C28H21NO5/c1-15-11-13-17(14-12-15)23-21-22(27(33)29(26(21)32)20-10-6-3-7-16(20)2)28(34-23)24(30)18-8-4-5-9-19(18)25(28)31/h3-14,21-23H,1-2H3. The lowest BCUT2D eigenvalue weighted by Gasteiger charge is -2.27. The first-order chi connectivity index (χ1) is 16.4. The first-order valence-corrected chi connectivity index (χ1v) is 11.2. The topological polar surface area (TPSA) is 80.8 Å². The van der Waals surface area contributed by atoms with E-state index >= 15 is 0 Å². The highest BCUT2D eigenvalue weighted by Gasteiger charge is 2.74. The molecule has 2 aliphatic heterocycles. The summed E-state index contributed by atoms with van der Waals surface area (Å²) >= 11 is 0. The Morgan fingerprint density at radius 2 is 1.32 bits per heavy atom. The lowest BCUT2D eigenvalue weighted by atomic mass is 9.77. The largest absolute Gasteiger partial charge is 0.349 e. The maximum absolute atomic E-state index is 13.9. The summed E-state index contributed by atoms with van der Waals surface area (Å²) in [5, 5.41) is 0. The van der Waals surface area contributed by atoms with Crippen LogP contribution in [0.25, 0.3) is 0 Å². The van der Waals surface area contributed by atoms with E-state index in [1.807, 2.05) is 50.2 Å². The van der Waals surface area contributed by atoms with Crippen LogP contribution in [0.5, 0.6) is 0 Å². The van der Waals surface area contributed by atoms with Crippen molar-refractivity contribution in [3.05, 3.63) is 101 Å². The third kappa shape index (κ3) is 2.49. The highest BCUT2D eigenvalue weighted by molar-refractivity contribution is 6.37. The first-order valence-electron chi connectivity index (χ1n) is 11.2. The number of hydrogen-bond acceptors (Lipinski definition) is 5. The van der Waals surface area contributed by atoms with Gasteiger partial charge in [-0.3, -0.25) is 19.2 Å². The van der Waals surface area contributed by atoms with E-state index in [9.17, 15) is 19.2 Å². The zero-order valence-corrected chi connectivity index (χ0v) is 18.6. The second kappa shape index (κ2) is 7.05. The van der Waals surface area contributed by atoms with Crippen molar-refractivity contribution >= 4 is 29.1 Å². The number of hydrogen-bond donors (Lipinski definition) is 0. The summed E-state index contributed by atoms with van der Waals surface area (Å²) in [7, 11) is 0. The van der Waals surface area contributed by atoms with Gasteiger partial charge in [-0.15, -0.1) is 0 Å². The molecule has 3 aliphatic rings. The van der Waals surface area contributed by atoms with Gasteiger partial charge in [-0.1, -0.05) is 72.3 Å². The summed E-state index contributed by atoms with van der Waals surface area (Å²) in [6, 6.07) is 21.0. The Bertz CT molecular complexity index is 1370. The molecule has 2 amide bonds. The first kappa shape index (κ1) is 20.7. The molecule has 0 radical (unpaired) electrons. The van der Waals surface area contributed by atoms with Gasteiger partial charge < -0.3 is 4.74 Å². The zero-order valence-electron chi connectivity index (χ0n) is 18.6. The van der Waals surface area contributed by atoms with Crippen LogP contribution in [0.15, 0.2) is 72.8 Å².